The number of hydrogen-bond acceptors (Lipinski definition) is 5. The lowest BCUT2D eigenvalue weighted by Crippen LogP contribution is -2.24. The summed E-state index contributed by atoms with van der Waals surface area (Å²) in [4.78, 5) is 16.8. The molecule has 0 radical (unpaired) electrons. The Hall–Kier alpha value is -1.10. The normalized spacial score (nSPS) is 15.6. The zero-order valence-corrected chi connectivity index (χ0v) is 10.4. The average Bonchev–Trinajstić information content (AvgIpc) is 2.80. The highest BCUT2D eigenvalue weighted by Crippen LogP contribution is 2.19. The first-order chi connectivity index (χ1) is 7.70. The van der Waals surface area contributed by atoms with E-state index in [1.165, 1.54) is 12.8 Å². The van der Waals surface area contributed by atoms with Crippen molar-refractivity contribution < 1.29 is 0 Å². The molecule has 2 rings (SSSR count). The van der Waals surface area contributed by atoms with Crippen LogP contribution in [0.3, 0.4) is 0 Å². The Morgan fingerprint density at radius 2 is 1.94 bits per heavy atom. The van der Waals surface area contributed by atoms with E-state index in [2.05, 4.69) is 19.9 Å². The van der Waals surface area contributed by atoms with Gasteiger partial charge in [-0.05, 0) is 31.4 Å². The van der Waals surface area contributed by atoms with Gasteiger partial charge >= 0.3 is 0 Å². The molecule has 88 valence electrons. The van der Waals surface area contributed by atoms with Crippen LogP contribution in [0, 0.1) is 0 Å². The minimum absolute atomic E-state index is 0.271. The third kappa shape index (κ3) is 2.35. The lowest BCUT2D eigenvalue weighted by molar-refractivity contribution is 0.840. The van der Waals surface area contributed by atoms with Crippen molar-refractivity contribution in [1.82, 2.24) is 15.0 Å². The number of halogens is 1. The summed E-state index contributed by atoms with van der Waals surface area (Å²) in [7, 11) is 1.94. The Balaban J connectivity index is 2.27. The molecular weight excluding hydrogens is 226 g/mol. The van der Waals surface area contributed by atoms with E-state index in [1.54, 1.807) is 0 Å². The summed E-state index contributed by atoms with van der Waals surface area (Å²) in [6.45, 7) is 4.91. The van der Waals surface area contributed by atoms with Crippen LogP contribution >= 0.6 is 11.6 Å². The molecule has 0 aromatic carbocycles. The van der Waals surface area contributed by atoms with E-state index in [4.69, 9.17) is 11.6 Å². The highest BCUT2D eigenvalue weighted by molar-refractivity contribution is 6.28. The van der Waals surface area contributed by atoms with E-state index in [-0.39, 0.29) is 5.28 Å². The summed E-state index contributed by atoms with van der Waals surface area (Å²) in [6.07, 6.45) is 2.39. The maximum Gasteiger partial charge on any atom is 0.231 e. The lowest BCUT2D eigenvalue weighted by atomic mass is 10.4. The Morgan fingerprint density at radius 3 is 2.56 bits per heavy atom. The first-order valence-electron chi connectivity index (χ1n) is 5.58. The third-order valence-corrected chi connectivity index (χ3v) is 2.96. The molecule has 6 heteroatoms. The van der Waals surface area contributed by atoms with Gasteiger partial charge in [-0.15, -0.1) is 0 Å². The van der Waals surface area contributed by atoms with Crippen LogP contribution in [0.2, 0.25) is 5.28 Å². The van der Waals surface area contributed by atoms with E-state index in [0.29, 0.717) is 11.9 Å². The van der Waals surface area contributed by atoms with Crippen molar-refractivity contribution in [2.24, 2.45) is 0 Å². The predicted molar refractivity (Wildman–Crippen MR) is 65.2 cm³/mol. The van der Waals surface area contributed by atoms with Crippen molar-refractivity contribution in [2.75, 3.05) is 36.5 Å². The first-order valence-corrected chi connectivity index (χ1v) is 5.96. The topological polar surface area (TPSA) is 45.2 Å². The molecular formula is C10H16ClN5. The predicted octanol–water partition coefficient (Wildman–Crippen LogP) is 1.58. The molecule has 0 bridgehead atoms. The Labute approximate surface area is 100 Å². The van der Waals surface area contributed by atoms with Crippen LogP contribution in [-0.4, -0.2) is 41.6 Å². The zero-order valence-electron chi connectivity index (χ0n) is 9.65. The van der Waals surface area contributed by atoms with E-state index in [9.17, 15) is 0 Å². The van der Waals surface area contributed by atoms with E-state index in [0.717, 1.165) is 19.6 Å². The van der Waals surface area contributed by atoms with Crippen LogP contribution in [0.1, 0.15) is 19.8 Å². The summed E-state index contributed by atoms with van der Waals surface area (Å²) < 4.78 is 0. The molecule has 1 aliphatic rings. The van der Waals surface area contributed by atoms with Crippen molar-refractivity contribution in [2.45, 2.75) is 19.8 Å². The first kappa shape index (κ1) is 11.4. The summed E-state index contributed by atoms with van der Waals surface area (Å²) in [5.74, 6) is 1.34. The molecule has 1 aliphatic heterocycles. The fourth-order valence-electron chi connectivity index (χ4n) is 1.70. The molecule has 16 heavy (non-hydrogen) atoms. The molecule has 0 amide bonds. The third-order valence-electron chi connectivity index (χ3n) is 2.79. The van der Waals surface area contributed by atoms with Crippen LogP contribution < -0.4 is 9.80 Å². The molecule has 0 aliphatic carbocycles. The average molecular weight is 242 g/mol. The molecule has 1 saturated heterocycles. The van der Waals surface area contributed by atoms with Gasteiger partial charge in [0.2, 0.25) is 17.2 Å². The molecule has 0 atom stereocenters. The molecule has 0 N–H and O–H groups in total. The molecule has 1 fully saturated rings. The fraction of sp³-hybridized carbons (Fsp3) is 0.700. The Morgan fingerprint density at radius 1 is 1.25 bits per heavy atom. The van der Waals surface area contributed by atoms with Crippen LogP contribution in [0.5, 0.6) is 0 Å². The number of anilines is 2. The van der Waals surface area contributed by atoms with Crippen LogP contribution in [0.25, 0.3) is 0 Å². The zero-order chi connectivity index (χ0) is 11.5. The smallest absolute Gasteiger partial charge is 0.231 e. The number of nitrogens with zero attached hydrogens (tertiary/aromatic N) is 5. The quantitative estimate of drug-likeness (QED) is 0.804. The molecule has 1 aromatic heterocycles. The van der Waals surface area contributed by atoms with E-state index in [1.807, 2.05) is 18.9 Å². The molecule has 5 nitrogen and oxygen atoms in total. The summed E-state index contributed by atoms with van der Waals surface area (Å²) in [5.41, 5.74) is 0. The molecule has 0 saturated carbocycles. The van der Waals surface area contributed by atoms with Gasteiger partial charge in [-0.1, -0.05) is 0 Å². The van der Waals surface area contributed by atoms with Gasteiger partial charge in [0.05, 0.1) is 0 Å². The largest absolute Gasteiger partial charge is 0.344 e. The number of rotatable bonds is 3. The lowest BCUT2D eigenvalue weighted by Gasteiger charge is -2.19. The summed E-state index contributed by atoms with van der Waals surface area (Å²) in [6, 6.07) is 0. The Bertz CT molecular complexity index is 364. The number of aromatic nitrogens is 3. The molecule has 0 unspecified atom stereocenters. The van der Waals surface area contributed by atoms with Gasteiger partial charge in [-0.2, -0.15) is 15.0 Å². The standard InChI is InChI=1S/C10H16ClN5/c1-3-15(2)9-12-8(11)13-10(14-9)16-6-4-5-7-16/h3-7H2,1-2H3. The second-order valence-corrected chi connectivity index (χ2v) is 4.25. The molecule has 2 heterocycles. The van der Waals surface area contributed by atoms with Gasteiger partial charge in [0, 0.05) is 26.7 Å². The van der Waals surface area contributed by atoms with Crippen molar-refractivity contribution in [3.05, 3.63) is 5.28 Å². The maximum absolute atomic E-state index is 5.91. The second-order valence-electron chi connectivity index (χ2n) is 3.91. The monoisotopic (exact) mass is 241 g/mol. The summed E-state index contributed by atoms with van der Waals surface area (Å²) in [5, 5.41) is 0.271. The van der Waals surface area contributed by atoms with E-state index < -0.39 is 0 Å². The molecule has 0 spiro atoms. The second kappa shape index (κ2) is 4.82. The highest BCUT2D eigenvalue weighted by Gasteiger charge is 2.17. The van der Waals surface area contributed by atoms with Gasteiger partial charge in [0.15, 0.2) is 0 Å². The van der Waals surface area contributed by atoms with Gasteiger partial charge in [-0.25, -0.2) is 0 Å². The van der Waals surface area contributed by atoms with Crippen LogP contribution in [0.4, 0.5) is 11.9 Å². The Kier molecular flexibility index (Phi) is 3.43. The van der Waals surface area contributed by atoms with Crippen molar-refractivity contribution in [1.29, 1.82) is 0 Å². The molecule has 1 aromatic rings. The van der Waals surface area contributed by atoms with Crippen molar-refractivity contribution in [3.63, 3.8) is 0 Å². The highest BCUT2D eigenvalue weighted by atomic mass is 35.5. The summed E-state index contributed by atoms with van der Waals surface area (Å²) >= 11 is 5.91. The van der Waals surface area contributed by atoms with Gasteiger partial charge in [0.1, 0.15) is 0 Å². The van der Waals surface area contributed by atoms with E-state index >= 15 is 0 Å². The van der Waals surface area contributed by atoms with Crippen molar-refractivity contribution >= 4 is 23.5 Å². The fourth-order valence-corrected chi connectivity index (χ4v) is 1.85. The van der Waals surface area contributed by atoms with Gasteiger partial charge in [0.25, 0.3) is 0 Å². The maximum atomic E-state index is 5.91. The SMILES string of the molecule is CCN(C)c1nc(Cl)nc(N2CCCC2)n1. The van der Waals surface area contributed by atoms with Gasteiger partial charge < -0.3 is 9.80 Å². The van der Waals surface area contributed by atoms with Crippen molar-refractivity contribution in [3.8, 4) is 0 Å². The van der Waals surface area contributed by atoms with Crippen LogP contribution in [0.15, 0.2) is 0 Å². The minimum atomic E-state index is 0.271. The minimum Gasteiger partial charge on any atom is -0.344 e. The number of hydrogen-bond donors (Lipinski definition) is 0. The van der Waals surface area contributed by atoms with Gasteiger partial charge in [-0.3, -0.25) is 0 Å². The van der Waals surface area contributed by atoms with Crippen LogP contribution in [-0.2, 0) is 0 Å².